The fourth-order valence-corrected chi connectivity index (χ4v) is 3.66. The summed E-state index contributed by atoms with van der Waals surface area (Å²) >= 11 is 5.08. The fourth-order valence-electron chi connectivity index (χ4n) is 2.61. The van der Waals surface area contributed by atoms with E-state index in [-0.39, 0.29) is 22.3 Å². The van der Waals surface area contributed by atoms with E-state index in [0.717, 1.165) is 9.13 Å². The molecule has 0 aliphatic heterocycles. The number of halogens is 4. The van der Waals surface area contributed by atoms with Gasteiger partial charge in [0.15, 0.2) is 11.6 Å². The van der Waals surface area contributed by atoms with Gasteiger partial charge in [-0.05, 0) is 88.1 Å². The highest BCUT2D eigenvalue weighted by molar-refractivity contribution is 14.1. The quantitative estimate of drug-likeness (QED) is 0.192. The van der Waals surface area contributed by atoms with Crippen molar-refractivity contribution in [1.29, 1.82) is 0 Å². The van der Waals surface area contributed by atoms with E-state index in [1.54, 1.807) is 6.07 Å². The Morgan fingerprint density at radius 1 is 1.32 bits per heavy atom. The number of benzene rings is 2. The number of rotatable bonds is 7. The standard InChI is InChI=1S/C19H18BrF2IN2O3/c1-10-8-11(23)2-3-14(10)24-17-12(9-13(20)15(21)16(17)22)18(26)25-28-7-6-19(27)4-5-19/h2-3,8-9,24,27H,4-7H2,1H3,(H,25,26). The smallest absolute Gasteiger partial charge is 0.277 e. The van der Waals surface area contributed by atoms with Crippen molar-refractivity contribution in [3.05, 3.63) is 55.1 Å². The van der Waals surface area contributed by atoms with E-state index in [0.29, 0.717) is 24.9 Å². The van der Waals surface area contributed by atoms with Crippen LogP contribution in [0.15, 0.2) is 28.7 Å². The number of aliphatic hydroxyl groups is 1. The van der Waals surface area contributed by atoms with E-state index in [4.69, 9.17) is 4.84 Å². The van der Waals surface area contributed by atoms with Crippen molar-refractivity contribution in [2.75, 3.05) is 11.9 Å². The highest BCUT2D eigenvalue weighted by Gasteiger charge is 2.39. The molecule has 0 unspecified atom stereocenters. The molecule has 0 heterocycles. The molecule has 2 aromatic carbocycles. The lowest BCUT2D eigenvalue weighted by Gasteiger charge is -2.16. The van der Waals surface area contributed by atoms with Crippen LogP contribution in [0.5, 0.6) is 0 Å². The number of hydroxylamine groups is 1. The molecule has 1 aliphatic rings. The summed E-state index contributed by atoms with van der Waals surface area (Å²) in [7, 11) is 0. The van der Waals surface area contributed by atoms with Gasteiger partial charge >= 0.3 is 0 Å². The van der Waals surface area contributed by atoms with E-state index in [9.17, 15) is 18.7 Å². The van der Waals surface area contributed by atoms with Crippen molar-refractivity contribution in [1.82, 2.24) is 5.48 Å². The SMILES string of the molecule is Cc1cc(I)ccc1Nc1c(C(=O)NOCCC2(O)CC2)cc(Br)c(F)c1F. The second kappa shape index (κ2) is 8.60. The van der Waals surface area contributed by atoms with Crippen LogP contribution in [0.2, 0.25) is 0 Å². The highest BCUT2D eigenvalue weighted by atomic mass is 127. The van der Waals surface area contributed by atoms with Gasteiger partial charge in [-0.1, -0.05) is 0 Å². The first-order valence-corrected chi connectivity index (χ1v) is 10.4. The Morgan fingerprint density at radius 3 is 2.68 bits per heavy atom. The molecule has 1 saturated carbocycles. The van der Waals surface area contributed by atoms with E-state index >= 15 is 0 Å². The Bertz CT molecular complexity index is 923. The third-order valence-electron chi connectivity index (χ3n) is 4.52. The normalized spacial score (nSPS) is 14.6. The van der Waals surface area contributed by atoms with Crippen molar-refractivity contribution in [2.45, 2.75) is 31.8 Å². The van der Waals surface area contributed by atoms with Crippen LogP contribution < -0.4 is 10.8 Å². The molecule has 1 fully saturated rings. The van der Waals surface area contributed by atoms with Crippen molar-refractivity contribution in [2.24, 2.45) is 0 Å². The first kappa shape index (κ1) is 21.4. The maximum Gasteiger partial charge on any atom is 0.277 e. The first-order valence-electron chi connectivity index (χ1n) is 8.55. The van der Waals surface area contributed by atoms with Crippen LogP contribution in [0.4, 0.5) is 20.2 Å². The van der Waals surface area contributed by atoms with Crippen LogP contribution in [-0.4, -0.2) is 23.2 Å². The molecule has 28 heavy (non-hydrogen) atoms. The number of hydrogen-bond donors (Lipinski definition) is 3. The van der Waals surface area contributed by atoms with Gasteiger partial charge in [0.05, 0.1) is 27.9 Å². The van der Waals surface area contributed by atoms with Crippen LogP contribution >= 0.6 is 38.5 Å². The molecule has 0 saturated heterocycles. The zero-order valence-corrected chi connectivity index (χ0v) is 18.7. The molecule has 0 atom stereocenters. The van der Waals surface area contributed by atoms with E-state index in [1.165, 1.54) is 6.07 Å². The van der Waals surface area contributed by atoms with Crippen LogP contribution in [0, 0.1) is 22.1 Å². The summed E-state index contributed by atoms with van der Waals surface area (Å²) in [6.07, 6.45) is 1.81. The lowest BCUT2D eigenvalue weighted by Crippen LogP contribution is -2.27. The molecule has 0 radical (unpaired) electrons. The Balaban J connectivity index is 1.81. The van der Waals surface area contributed by atoms with Crippen molar-refractivity contribution >= 4 is 55.8 Å². The van der Waals surface area contributed by atoms with Gasteiger partial charge in [-0.2, -0.15) is 0 Å². The molecule has 150 valence electrons. The Hall–Kier alpha value is -1.30. The van der Waals surface area contributed by atoms with Gasteiger partial charge in [-0.3, -0.25) is 9.63 Å². The number of carbonyl (C=O) groups excluding carboxylic acids is 1. The summed E-state index contributed by atoms with van der Waals surface area (Å²) in [5.41, 5.74) is 2.48. The number of amides is 1. The van der Waals surface area contributed by atoms with Gasteiger partial charge in [0.25, 0.3) is 5.91 Å². The molecule has 9 heteroatoms. The van der Waals surface area contributed by atoms with Crippen LogP contribution in [0.1, 0.15) is 35.2 Å². The van der Waals surface area contributed by atoms with Crippen LogP contribution in [0.25, 0.3) is 0 Å². The first-order chi connectivity index (χ1) is 13.2. The minimum absolute atomic E-state index is 0.117. The Morgan fingerprint density at radius 2 is 2.04 bits per heavy atom. The molecule has 0 spiro atoms. The van der Waals surface area contributed by atoms with E-state index < -0.39 is 23.1 Å². The molecule has 2 aromatic rings. The lowest BCUT2D eigenvalue weighted by molar-refractivity contribution is 0.0120. The number of nitrogens with one attached hydrogen (secondary N) is 2. The second-order valence-electron chi connectivity index (χ2n) is 6.75. The highest BCUT2D eigenvalue weighted by Crippen LogP contribution is 2.38. The number of aryl methyl sites for hydroxylation is 1. The van der Waals surface area contributed by atoms with Gasteiger partial charge < -0.3 is 10.4 Å². The van der Waals surface area contributed by atoms with Gasteiger partial charge in [0, 0.05) is 15.7 Å². The largest absolute Gasteiger partial charge is 0.390 e. The monoisotopic (exact) mass is 566 g/mol. The second-order valence-corrected chi connectivity index (χ2v) is 8.85. The zero-order valence-electron chi connectivity index (χ0n) is 14.9. The molecule has 5 nitrogen and oxygen atoms in total. The Kier molecular flexibility index (Phi) is 6.58. The van der Waals surface area contributed by atoms with E-state index in [2.05, 4.69) is 49.3 Å². The van der Waals surface area contributed by atoms with Crippen LogP contribution in [0.3, 0.4) is 0 Å². The third kappa shape index (κ3) is 5.00. The summed E-state index contributed by atoms with van der Waals surface area (Å²) in [6, 6.07) is 6.61. The van der Waals surface area contributed by atoms with Gasteiger partial charge in [-0.25, -0.2) is 14.3 Å². The molecule has 1 amide bonds. The molecule has 0 bridgehead atoms. The number of hydrogen-bond acceptors (Lipinski definition) is 4. The Labute approximate surface area is 183 Å². The van der Waals surface area contributed by atoms with Crippen molar-refractivity contribution < 1.29 is 23.5 Å². The molecule has 3 N–H and O–H groups in total. The van der Waals surface area contributed by atoms with Gasteiger partial charge in [0.2, 0.25) is 0 Å². The predicted molar refractivity (Wildman–Crippen MR) is 113 cm³/mol. The van der Waals surface area contributed by atoms with E-state index in [1.807, 2.05) is 19.1 Å². The zero-order chi connectivity index (χ0) is 20.5. The topological polar surface area (TPSA) is 70.6 Å². The molecule has 1 aliphatic carbocycles. The summed E-state index contributed by atoms with van der Waals surface area (Å²) in [4.78, 5) is 17.6. The molecular formula is C19H18BrF2IN2O3. The third-order valence-corrected chi connectivity index (χ3v) is 5.76. The minimum atomic E-state index is -1.18. The van der Waals surface area contributed by atoms with Gasteiger partial charge in [-0.15, -0.1) is 0 Å². The number of carbonyl (C=O) groups is 1. The molecule has 0 aromatic heterocycles. The summed E-state index contributed by atoms with van der Waals surface area (Å²) in [5.74, 6) is -3.00. The predicted octanol–water partition coefficient (Wildman–Crippen LogP) is 4.96. The van der Waals surface area contributed by atoms with Crippen LogP contribution in [-0.2, 0) is 4.84 Å². The molecule has 3 rings (SSSR count). The summed E-state index contributed by atoms with van der Waals surface area (Å²) in [6.45, 7) is 1.94. The minimum Gasteiger partial charge on any atom is -0.390 e. The lowest BCUT2D eigenvalue weighted by atomic mass is 10.1. The fraction of sp³-hybridized carbons (Fsp3) is 0.316. The summed E-state index contributed by atoms with van der Waals surface area (Å²) in [5, 5.41) is 12.6. The maximum atomic E-state index is 14.6. The average Bonchev–Trinajstić information content (AvgIpc) is 3.38. The van der Waals surface area contributed by atoms with Gasteiger partial charge in [0.1, 0.15) is 0 Å². The molecular weight excluding hydrogens is 549 g/mol. The maximum absolute atomic E-state index is 14.6. The average molecular weight is 567 g/mol. The number of anilines is 2. The van der Waals surface area contributed by atoms with Crippen molar-refractivity contribution in [3.63, 3.8) is 0 Å². The van der Waals surface area contributed by atoms with Crippen molar-refractivity contribution in [3.8, 4) is 0 Å². The summed E-state index contributed by atoms with van der Waals surface area (Å²) < 4.78 is 29.5.